The Bertz CT molecular complexity index is 1130. The Morgan fingerprint density at radius 1 is 1.20 bits per heavy atom. The molecule has 1 aromatic heterocycles. The maximum atomic E-state index is 13.9. The van der Waals surface area contributed by atoms with Crippen molar-refractivity contribution in [1.82, 2.24) is 4.98 Å². The Labute approximate surface area is 181 Å². The molecular formula is C18H14BrF2N2O5PS. The van der Waals surface area contributed by atoms with Gasteiger partial charge < -0.3 is 20.2 Å². The second-order valence-corrected chi connectivity index (χ2v) is 9.54. The van der Waals surface area contributed by atoms with Crippen molar-refractivity contribution in [3.8, 4) is 11.3 Å². The molecule has 4 N–H and O–H groups in total. The summed E-state index contributed by atoms with van der Waals surface area (Å²) in [6.07, 6.45) is 0. The van der Waals surface area contributed by atoms with E-state index in [-0.39, 0.29) is 16.6 Å². The summed E-state index contributed by atoms with van der Waals surface area (Å²) >= 11 is 4.26. The number of benzene rings is 2. The molecule has 0 aliphatic rings. The maximum absolute atomic E-state index is 13.9. The zero-order valence-electron chi connectivity index (χ0n) is 14.9. The second kappa shape index (κ2) is 8.52. The molecule has 0 aliphatic carbocycles. The lowest BCUT2D eigenvalue weighted by Crippen LogP contribution is -2.14. The molecular weight excluding hydrogens is 505 g/mol. The number of carboxylic acids is 1. The molecule has 0 saturated carbocycles. The van der Waals surface area contributed by atoms with Crippen LogP contribution in [0.2, 0.25) is 0 Å². The van der Waals surface area contributed by atoms with Gasteiger partial charge in [-0.1, -0.05) is 40.2 Å². The van der Waals surface area contributed by atoms with Crippen molar-refractivity contribution in [2.24, 2.45) is 0 Å². The van der Waals surface area contributed by atoms with Crippen LogP contribution in [0, 0.1) is 0 Å². The van der Waals surface area contributed by atoms with Crippen molar-refractivity contribution in [1.29, 1.82) is 0 Å². The van der Waals surface area contributed by atoms with Gasteiger partial charge in [0.15, 0.2) is 5.13 Å². The summed E-state index contributed by atoms with van der Waals surface area (Å²) in [5.74, 6) is -1.02. The lowest BCUT2D eigenvalue weighted by atomic mass is 10.1. The highest BCUT2D eigenvalue weighted by molar-refractivity contribution is 9.10. The van der Waals surface area contributed by atoms with Crippen molar-refractivity contribution < 1.29 is 33.0 Å². The fourth-order valence-corrected chi connectivity index (χ4v) is 4.57. The number of aromatic nitrogens is 1. The number of aromatic carboxylic acids is 1. The van der Waals surface area contributed by atoms with Crippen LogP contribution in [-0.4, -0.2) is 25.8 Å². The number of carbonyl (C=O) groups is 1. The van der Waals surface area contributed by atoms with Gasteiger partial charge in [0.05, 0.1) is 11.3 Å². The average Bonchev–Trinajstić information content (AvgIpc) is 3.14. The Balaban J connectivity index is 1.70. The van der Waals surface area contributed by atoms with Crippen LogP contribution in [0.1, 0.15) is 21.5 Å². The largest absolute Gasteiger partial charge is 0.478 e. The number of rotatable bonds is 7. The first-order valence-electron chi connectivity index (χ1n) is 8.24. The van der Waals surface area contributed by atoms with E-state index in [1.54, 1.807) is 17.5 Å². The second-order valence-electron chi connectivity index (χ2n) is 6.17. The number of alkyl halides is 2. The standard InChI is InChI=1S/C18H14BrF2N2O5PS/c19-14-7-10(1-6-13(14)18(20,21)29(26,27)28)8-22-17-23-15(9-30-17)11-2-4-12(5-3-11)16(24)25/h1-7,9H,8H2,(H,22,23)(H,24,25)(H2,26,27,28). The Kier molecular flexibility index (Phi) is 6.40. The molecule has 0 atom stereocenters. The zero-order valence-corrected chi connectivity index (χ0v) is 18.2. The van der Waals surface area contributed by atoms with Gasteiger partial charge in [-0.25, -0.2) is 9.78 Å². The minimum atomic E-state index is -5.65. The van der Waals surface area contributed by atoms with Crippen molar-refractivity contribution in [2.75, 3.05) is 5.32 Å². The Morgan fingerprint density at radius 3 is 2.43 bits per heavy atom. The molecule has 0 fully saturated rings. The van der Waals surface area contributed by atoms with Crippen molar-refractivity contribution in [2.45, 2.75) is 12.2 Å². The Hall–Kier alpha value is -2.17. The van der Waals surface area contributed by atoms with Gasteiger partial charge in [0.25, 0.3) is 0 Å². The fourth-order valence-electron chi connectivity index (χ4n) is 2.52. The third-order valence-corrected chi connectivity index (χ3v) is 6.53. The van der Waals surface area contributed by atoms with Crippen molar-refractivity contribution in [3.05, 3.63) is 69.0 Å². The van der Waals surface area contributed by atoms with Gasteiger partial charge in [-0.15, -0.1) is 11.3 Å². The molecule has 0 saturated heterocycles. The summed E-state index contributed by atoms with van der Waals surface area (Å²) in [7, 11) is -5.65. The first-order valence-corrected chi connectivity index (χ1v) is 11.5. The fraction of sp³-hybridized carbons (Fsp3) is 0.111. The predicted octanol–water partition coefficient (Wildman–Crippen LogP) is 5.11. The molecule has 0 spiro atoms. The summed E-state index contributed by atoms with van der Waals surface area (Å²) in [6.45, 7) is 0.241. The van der Waals surface area contributed by atoms with Gasteiger partial charge in [-0.3, -0.25) is 4.57 Å². The van der Waals surface area contributed by atoms with Gasteiger partial charge in [0.2, 0.25) is 0 Å². The molecule has 3 rings (SSSR count). The van der Waals surface area contributed by atoms with Gasteiger partial charge in [0, 0.05) is 27.5 Å². The smallest absolute Gasteiger partial charge is 0.399 e. The molecule has 158 valence electrons. The minimum absolute atomic E-state index is 0.117. The van der Waals surface area contributed by atoms with E-state index in [2.05, 4.69) is 26.2 Å². The molecule has 3 aromatic rings. The molecule has 2 aromatic carbocycles. The van der Waals surface area contributed by atoms with Gasteiger partial charge >= 0.3 is 19.2 Å². The molecule has 1 heterocycles. The highest BCUT2D eigenvalue weighted by Gasteiger charge is 2.51. The van der Waals surface area contributed by atoms with Gasteiger partial charge in [0.1, 0.15) is 0 Å². The minimum Gasteiger partial charge on any atom is -0.478 e. The van der Waals surface area contributed by atoms with E-state index in [0.29, 0.717) is 16.4 Å². The van der Waals surface area contributed by atoms with Crippen LogP contribution in [0.4, 0.5) is 13.9 Å². The van der Waals surface area contributed by atoms with Crippen LogP contribution >= 0.6 is 34.9 Å². The van der Waals surface area contributed by atoms with E-state index >= 15 is 0 Å². The molecule has 7 nitrogen and oxygen atoms in total. The quantitative estimate of drug-likeness (QED) is 0.321. The summed E-state index contributed by atoms with van der Waals surface area (Å²) in [5, 5.41) is 14.3. The lowest BCUT2D eigenvalue weighted by molar-refractivity contribution is 0.0557. The van der Waals surface area contributed by atoms with Gasteiger partial charge in [-0.05, 0) is 23.8 Å². The van der Waals surface area contributed by atoms with Crippen molar-refractivity contribution >= 4 is 46.0 Å². The van der Waals surface area contributed by atoms with Crippen molar-refractivity contribution in [3.63, 3.8) is 0 Å². The lowest BCUT2D eigenvalue weighted by Gasteiger charge is -2.19. The zero-order chi connectivity index (χ0) is 22.1. The van der Waals surface area contributed by atoms with Crippen LogP contribution in [0.25, 0.3) is 11.3 Å². The number of hydrogen-bond acceptors (Lipinski definition) is 5. The van der Waals surface area contributed by atoms with Crippen LogP contribution in [-0.2, 0) is 16.8 Å². The van der Waals surface area contributed by atoms with E-state index in [4.69, 9.17) is 14.9 Å². The summed E-state index contributed by atoms with van der Waals surface area (Å²) < 4.78 is 38.7. The molecule has 0 radical (unpaired) electrons. The summed E-state index contributed by atoms with van der Waals surface area (Å²) in [4.78, 5) is 33.1. The SMILES string of the molecule is O=C(O)c1ccc(-c2csc(NCc3ccc(C(F)(F)P(=O)(O)O)c(Br)c3)n2)cc1. The van der Waals surface area contributed by atoms with Crippen LogP contribution < -0.4 is 5.32 Å². The number of halogens is 3. The average molecular weight is 519 g/mol. The number of carboxylic acid groups (broad SMARTS) is 1. The topological polar surface area (TPSA) is 120 Å². The van der Waals surface area contributed by atoms with E-state index in [1.165, 1.54) is 35.6 Å². The first kappa shape index (κ1) is 22.5. The van der Waals surface area contributed by atoms with Gasteiger partial charge in [-0.2, -0.15) is 8.78 Å². The molecule has 30 heavy (non-hydrogen) atoms. The van der Waals surface area contributed by atoms with E-state index in [0.717, 1.165) is 11.6 Å². The highest BCUT2D eigenvalue weighted by atomic mass is 79.9. The first-order chi connectivity index (χ1) is 14.0. The molecule has 0 aliphatic heterocycles. The van der Waals surface area contributed by atoms with Crippen LogP contribution in [0.3, 0.4) is 0 Å². The molecule has 12 heteroatoms. The molecule has 0 bridgehead atoms. The predicted molar refractivity (Wildman–Crippen MR) is 112 cm³/mol. The third-order valence-electron chi connectivity index (χ3n) is 4.10. The third kappa shape index (κ3) is 4.76. The molecule has 0 amide bonds. The van der Waals surface area contributed by atoms with E-state index < -0.39 is 24.8 Å². The van der Waals surface area contributed by atoms with E-state index in [1.807, 2.05) is 0 Å². The summed E-state index contributed by atoms with van der Waals surface area (Å²) in [6, 6.07) is 9.93. The van der Waals surface area contributed by atoms with Crippen LogP contribution in [0.15, 0.2) is 52.3 Å². The Morgan fingerprint density at radius 2 is 1.87 bits per heavy atom. The number of thiazole rings is 1. The van der Waals surface area contributed by atoms with Crippen LogP contribution in [0.5, 0.6) is 0 Å². The number of nitrogens with zero attached hydrogens (tertiary/aromatic N) is 1. The highest BCUT2D eigenvalue weighted by Crippen LogP contribution is 2.60. The number of nitrogens with one attached hydrogen (secondary N) is 1. The number of anilines is 1. The monoisotopic (exact) mass is 518 g/mol. The summed E-state index contributed by atoms with van der Waals surface area (Å²) in [5.41, 5.74) is -2.92. The van der Waals surface area contributed by atoms with E-state index in [9.17, 15) is 18.1 Å². The molecule has 0 unspecified atom stereocenters. The number of hydrogen-bond donors (Lipinski definition) is 4. The maximum Gasteiger partial charge on any atom is 0.399 e. The normalized spacial score (nSPS) is 12.0.